The molecule has 0 unspecified atom stereocenters. The SMILES string of the molecule is CCC[C@@H](NC(=O)[C@]1(N)CSC(/C(C)=N/OCCCS)=N1)c1cc(OC)cc(=O)o1. The lowest BCUT2D eigenvalue weighted by atomic mass is 10.1. The van der Waals surface area contributed by atoms with Gasteiger partial charge in [0.2, 0.25) is 0 Å². The van der Waals surface area contributed by atoms with Gasteiger partial charge in [-0.25, -0.2) is 9.79 Å². The summed E-state index contributed by atoms with van der Waals surface area (Å²) >= 11 is 5.45. The summed E-state index contributed by atoms with van der Waals surface area (Å²) < 4.78 is 10.4. The van der Waals surface area contributed by atoms with Gasteiger partial charge in [-0.1, -0.05) is 18.5 Å². The molecule has 9 nitrogen and oxygen atoms in total. The number of hydrogen-bond acceptors (Lipinski definition) is 10. The second-order valence-corrected chi connectivity index (χ2v) is 8.16. The topological polar surface area (TPSA) is 129 Å². The maximum atomic E-state index is 12.9. The molecule has 166 valence electrons. The smallest absolute Gasteiger partial charge is 0.339 e. The number of aliphatic imine (C=N–C) groups is 1. The summed E-state index contributed by atoms with van der Waals surface area (Å²) in [6.07, 6.45) is 2.09. The zero-order chi connectivity index (χ0) is 22.1. The Balaban J connectivity index is 2.14. The molecular weight excluding hydrogens is 428 g/mol. The number of nitrogens with two attached hydrogens (primary N) is 1. The van der Waals surface area contributed by atoms with Crippen molar-refractivity contribution in [2.24, 2.45) is 15.9 Å². The van der Waals surface area contributed by atoms with Gasteiger partial charge in [-0.05, 0) is 25.5 Å². The van der Waals surface area contributed by atoms with Crippen molar-refractivity contribution in [3.8, 4) is 5.75 Å². The van der Waals surface area contributed by atoms with Crippen LogP contribution in [0.25, 0.3) is 0 Å². The standard InChI is InChI=1S/C19H28N4O5S2/c1-4-6-14(15-9-13(26-3)10-16(24)28-15)21-18(25)19(20)11-30-17(22-19)12(2)23-27-7-5-8-29/h9-10,14,29H,4-8,11,20H2,1-3H3,(H,21,25)/b23-12+/t14-,19+/m1/s1. The molecule has 2 rings (SSSR count). The van der Waals surface area contributed by atoms with Gasteiger partial charge in [-0.3, -0.25) is 10.5 Å². The van der Waals surface area contributed by atoms with Crippen molar-refractivity contribution in [3.05, 3.63) is 28.3 Å². The fourth-order valence-corrected chi connectivity index (χ4v) is 3.81. The van der Waals surface area contributed by atoms with Gasteiger partial charge in [-0.15, -0.1) is 11.8 Å². The number of nitrogens with zero attached hydrogens (tertiary/aromatic N) is 2. The van der Waals surface area contributed by atoms with Crippen molar-refractivity contribution in [1.29, 1.82) is 0 Å². The highest BCUT2D eigenvalue weighted by Crippen LogP contribution is 2.27. The first-order valence-electron chi connectivity index (χ1n) is 9.62. The molecule has 0 fully saturated rings. The molecule has 0 bridgehead atoms. The summed E-state index contributed by atoms with van der Waals surface area (Å²) in [5.74, 6) is 1.18. The van der Waals surface area contributed by atoms with Crippen molar-refractivity contribution in [2.45, 2.75) is 44.8 Å². The Labute approximate surface area is 185 Å². The molecule has 0 saturated heterocycles. The quantitative estimate of drug-likeness (QED) is 0.201. The third-order valence-corrected chi connectivity index (χ3v) is 5.81. The van der Waals surface area contributed by atoms with E-state index in [-0.39, 0.29) is 5.75 Å². The molecule has 1 aliphatic rings. The molecule has 3 N–H and O–H groups in total. The summed E-state index contributed by atoms with van der Waals surface area (Å²) in [5.41, 5.74) is 4.83. The third kappa shape index (κ3) is 6.51. The summed E-state index contributed by atoms with van der Waals surface area (Å²) in [6, 6.07) is 2.29. The van der Waals surface area contributed by atoms with Gasteiger partial charge in [0.25, 0.3) is 5.91 Å². The Kier molecular flexibility index (Phi) is 9.25. The number of ether oxygens (including phenoxy) is 1. The number of thiol groups is 1. The van der Waals surface area contributed by atoms with Gasteiger partial charge in [0.1, 0.15) is 28.9 Å². The predicted octanol–water partition coefficient (Wildman–Crippen LogP) is 2.12. The van der Waals surface area contributed by atoms with Crippen molar-refractivity contribution < 1.29 is 18.8 Å². The average molecular weight is 457 g/mol. The van der Waals surface area contributed by atoms with E-state index in [0.29, 0.717) is 41.0 Å². The molecule has 30 heavy (non-hydrogen) atoms. The number of carbonyl (C=O) groups excluding carboxylic acids is 1. The zero-order valence-corrected chi connectivity index (χ0v) is 19.1. The van der Waals surface area contributed by atoms with Crippen molar-refractivity contribution in [1.82, 2.24) is 5.32 Å². The van der Waals surface area contributed by atoms with Gasteiger partial charge in [0.15, 0.2) is 5.66 Å². The van der Waals surface area contributed by atoms with Crippen molar-refractivity contribution >= 4 is 41.1 Å². The van der Waals surface area contributed by atoms with Gasteiger partial charge in [0, 0.05) is 11.8 Å². The molecule has 0 saturated carbocycles. The minimum Gasteiger partial charge on any atom is -0.496 e. The molecular formula is C19H28N4O5S2. The van der Waals surface area contributed by atoms with Gasteiger partial charge >= 0.3 is 5.63 Å². The summed E-state index contributed by atoms with van der Waals surface area (Å²) in [6.45, 7) is 4.17. The van der Waals surface area contributed by atoms with Crippen LogP contribution in [-0.2, 0) is 9.63 Å². The molecule has 1 amide bonds. The highest BCUT2D eigenvalue weighted by atomic mass is 32.2. The second-order valence-electron chi connectivity index (χ2n) is 6.75. The van der Waals surface area contributed by atoms with Gasteiger partial charge in [-0.2, -0.15) is 12.6 Å². The van der Waals surface area contributed by atoms with Crippen LogP contribution in [0.15, 0.2) is 31.5 Å². The molecule has 2 heterocycles. The molecule has 0 aromatic carbocycles. The highest BCUT2D eigenvalue weighted by Gasteiger charge is 2.41. The number of amides is 1. The number of methoxy groups -OCH3 is 1. The number of oxime groups is 1. The van der Waals surface area contributed by atoms with Gasteiger partial charge in [0.05, 0.1) is 19.2 Å². The Morgan fingerprint density at radius 2 is 2.30 bits per heavy atom. The number of nitrogens with one attached hydrogen (secondary N) is 1. The Hall–Kier alpha value is -1.98. The van der Waals surface area contributed by atoms with Crippen LogP contribution in [0.5, 0.6) is 5.75 Å². The van der Waals surface area contributed by atoms with Crippen LogP contribution in [0.2, 0.25) is 0 Å². The predicted molar refractivity (Wildman–Crippen MR) is 122 cm³/mol. The van der Waals surface area contributed by atoms with Crippen LogP contribution >= 0.6 is 24.4 Å². The van der Waals surface area contributed by atoms with Crippen molar-refractivity contribution in [2.75, 3.05) is 25.2 Å². The lowest BCUT2D eigenvalue weighted by Crippen LogP contribution is -2.54. The molecule has 0 radical (unpaired) electrons. The number of carbonyl (C=O) groups is 1. The molecule has 1 aromatic rings. The first-order chi connectivity index (χ1) is 14.3. The Morgan fingerprint density at radius 3 is 2.97 bits per heavy atom. The van der Waals surface area contributed by atoms with Crippen molar-refractivity contribution in [3.63, 3.8) is 0 Å². The summed E-state index contributed by atoms with van der Waals surface area (Å²) in [4.78, 5) is 34.3. The maximum Gasteiger partial charge on any atom is 0.339 e. The molecule has 1 aliphatic heterocycles. The molecule has 1 aromatic heterocycles. The molecule has 0 aliphatic carbocycles. The Bertz CT molecular complexity index is 858. The van der Waals surface area contributed by atoms with E-state index >= 15 is 0 Å². The number of rotatable bonds is 11. The minimum atomic E-state index is -1.45. The van der Waals surface area contributed by atoms with Crippen LogP contribution in [-0.4, -0.2) is 47.5 Å². The first-order valence-corrected chi connectivity index (χ1v) is 11.2. The second kappa shape index (κ2) is 11.4. The van der Waals surface area contributed by atoms with Crippen LogP contribution in [0.4, 0.5) is 0 Å². The van der Waals surface area contributed by atoms with Crippen LogP contribution in [0.3, 0.4) is 0 Å². The van der Waals surface area contributed by atoms with Gasteiger partial charge < -0.3 is 19.3 Å². The fourth-order valence-electron chi connectivity index (χ4n) is 2.66. The first kappa shape index (κ1) is 24.3. The lowest BCUT2D eigenvalue weighted by Gasteiger charge is -2.23. The van der Waals surface area contributed by atoms with Crippen LogP contribution in [0.1, 0.15) is 44.9 Å². The lowest BCUT2D eigenvalue weighted by molar-refractivity contribution is -0.126. The van der Waals surface area contributed by atoms with E-state index < -0.39 is 23.2 Å². The van der Waals surface area contributed by atoms with Crippen LogP contribution in [0, 0.1) is 0 Å². The number of thioether (sulfide) groups is 1. The van der Waals surface area contributed by atoms with E-state index in [0.717, 1.165) is 12.8 Å². The normalized spacial score (nSPS) is 19.9. The molecule has 0 spiro atoms. The fraction of sp³-hybridized carbons (Fsp3) is 0.579. The summed E-state index contributed by atoms with van der Waals surface area (Å²) in [7, 11) is 1.46. The van der Waals surface area contributed by atoms with E-state index in [4.69, 9.17) is 19.7 Å². The number of hydrogen-bond donors (Lipinski definition) is 3. The van der Waals surface area contributed by atoms with Crippen LogP contribution < -0.4 is 21.4 Å². The van der Waals surface area contributed by atoms with E-state index in [1.807, 2.05) is 6.92 Å². The highest BCUT2D eigenvalue weighted by molar-refractivity contribution is 8.16. The van der Waals surface area contributed by atoms with E-state index in [1.165, 1.54) is 24.9 Å². The monoisotopic (exact) mass is 456 g/mol. The van der Waals surface area contributed by atoms with E-state index in [1.54, 1.807) is 13.0 Å². The minimum absolute atomic E-state index is 0.262. The molecule has 11 heteroatoms. The Morgan fingerprint density at radius 1 is 1.53 bits per heavy atom. The zero-order valence-electron chi connectivity index (χ0n) is 17.3. The summed E-state index contributed by atoms with van der Waals surface area (Å²) in [5, 5.41) is 7.43. The molecule has 2 atom stereocenters. The maximum absolute atomic E-state index is 12.9. The average Bonchev–Trinajstić information content (AvgIpc) is 3.14. The van der Waals surface area contributed by atoms with E-state index in [2.05, 4.69) is 28.1 Å². The largest absolute Gasteiger partial charge is 0.496 e. The van der Waals surface area contributed by atoms with E-state index in [9.17, 15) is 9.59 Å². The third-order valence-electron chi connectivity index (χ3n) is 4.25.